The molecule has 0 amide bonds. The molecular formula is C18H20N2O2. The summed E-state index contributed by atoms with van der Waals surface area (Å²) >= 11 is 0. The fourth-order valence-corrected chi connectivity index (χ4v) is 2.89. The van der Waals surface area contributed by atoms with Gasteiger partial charge >= 0.3 is 5.97 Å². The van der Waals surface area contributed by atoms with Crippen LogP contribution in [0.1, 0.15) is 44.7 Å². The van der Waals surface area contributed by atoms with Gasteiger partial charge in [0, 0.05) is 5.92 Å². The normalized spacial score (nSPS) is 22.3. The number of carbonyl (C=O) groups is 1. The predicted octanol–water partition coefficient (Wildman–Crippen LogP) is 3.29. The average molecular weight is 296 g/mol. The van der Waals surface area contributed by atoms with E-state index in [0.29, 0.717) is 0 Å². The zero-order valence-electron chi connectivity index (χ0n) is 13.4. The third kappa shape index (κ3) is 2.46. The highest BCUT2D eigenvalue weighted by Crippen LogP contribution is 2.64. The number of nitrogens with zero attached hydrogens (tertiary/aromatic N) is 2. The molecule has 0 spiro atoms. The summed E-state index contributed by atoms with van der Waals surface area (Å²) in [6.07, 6.45) is 0. The molecule has 2 atom stereocenters. The van der Waals surface area contributed by atoms with Crippen LogP contribution in [0.15, 0.2) is 24.3 Å². The molecule has 114 valence electrons. The Morgan fingerprint density at radius 2 is 1.77 bits per heavy atom. The summed E-state index contributed by atoms with van der Waals surface area (Å²) in [5.74, 6) is -1.56. The fraction of sp³-hybridized carbons (Fsp3) is 0.500. The highest BCUT2D eigenvalue weighted by molar-refractivity contribution is 5.82. The molecule has 0 saturated heterocycles. The first-order valence-electron chi connectivity index (χ1n) is 7.41. The minimum Gasteiger partial charge on any atom is -0.466 e. The van der Waals surface area contributed by atoms with Gasteiger partial charge < -0.3 is 4.74 Å². The molecule has 1 aromatic rings. The van der Waals surface area contributed by atoms with Gasteiger partial charge in [0.1, 0.15) is 0 Å². The second-order valence-corrected chi connectivity index (χ2v) is 6.67. The Morgan fingerprint density at radius 1 is 1.23 bits per heavy atom. The number of ether oxygens (including phenoxy) is 1. The number of carbonyl (C=O) groups excluding carboxylic acids is 1. The lowest BCUT2D eigenvalue weighted by Crippen LogP contribution is -2.11. The largest absolute Gasteiger partial charge is 0.466 e. The molecular weight excluding hydrogens is 276 g/mol. The van der Waals surface area contributed by atoms with Crippen LogP contribution in [0, 0.1) is 34.0 Å². The summed E-state index contributed by atoms with van der Waals surface area (Å²) in [7, 11) is 0. The van der Waals surface area contributed by atoms with Crippen molar-refractivity contribution >= 4 is 5.97 Å². The molecule has 0 bridgehead atoms. The summed E-state index contributed by atoms with van der Waals surface area (Å²) < 4.78 is 5.01. The van der Waals surface area contributed by atoms with Gasteiger partial charge in [-0.05, 0) is 23.5 Å². The van der Waals surface area contributed by atoms with E-state index in [1.165, 1.54) is 5.56 Å². The Bertz CT molecular complexity index is 642. The van der Waals surface area contributed by atoms with Gasteiger partial charge in [-0.25, -0.2) is 0 Å². The van der Waals surface area contributed by atoms with Crippen LogP contribution in [-0.4, -0.2) is 12.6 Å². The molecule has 0 aliphatic heterocycles. The van der Waals surface area contributed by atoms with Crippen molar-refractivity contribution in [3.8, 4) is 12.1 Å². The second-order valence-electron chi connectivity index (χ2n) is 6.67. The molecule has 0 N–H and O–H groups in total. The van der Waals surface area contributed by atoms with E-state index in [9.17, 15) is 15.3 Å². The lowest BCUT2D eigenvalue weighted by atomic mass is 9.86. The third-order valence-electron chi connectivity index (χ3n) is 4.25. The molecule has 0 radical (unpaired) electrons. The van der Waals surface area contributed by atoms with Crippen LogP contribution in [0.4, 0.5) is 0 Å². The minimum absolute atomic E-state index is 0.0319. The topological polar surface area (TPSA) is 73.9 Å². The standard InChI is InChI=1S/C18H20N2O2/c1-5-22-16(21)15-14(18(15,10-19)11-20)12-6-8-13(9-7-12)17(2,3)4/h6-9,14-15H,5H2,1-4H3. The molecule has 1 saturated carbocycles. The van der Waals surface area contributed by atoms with Crippen molar-refractivity contribution in [2.75, 3.05) is 6.61 Å². The van der Waals surface area contributed by atoms with E-state index in [2.05, 4.69) is 20.8 Å². The van der Waals surface area contributed by atoms with Crippen molar-refractivity contribution in [2.24, 2.45) is 11.3 Å². The van der Waals surface area contributed by atoms with Gasteiger partial charge in [-0.2, -0.15) is 10.5 Å². The van der Waals surface area contributed by atoms with Gasteiger partial charge in [0.15, 0.2) is 5.41 Å². The van der Waals surface area contributed by atoms with Crippen LogP contribution >= 0.6 is 0 Å². The van der Waals surface area contributed by atoms with Gasteiger partial charge in [-0.15, -0.1) is 0 Å². The monoisotopic (exact) mass is 296 g/mol. The summed E-state index contributed by atoms with van der Waals surface area (Å²) in [6, 6.07) is 11.9. The lowest BCUT2D eigenvalue weighted by molar-refractivity contribution is -0.145. The van der Waals surface area contributed by atoms with Crippen molar-refractivity contribution in [1.82, 2.24) is 0 Å². The number of nitriles is 2. The Balaban J connectivity index is 2.34. The Hall–Kier alpha value is -2.33. The number of esters is 1. The Kier molecular flexibility index (Phi) is 3.98. The lowest BCUT2D eigenvalue weighted by Gasteiger charge is -2.19. The Labute approximate surface area is 131 Å². The van der Waals surface area contributed by atoms with Crippen LogP contribution in [0.3, 0.4) is 0 Å². The van der Waals surface area contributed by atoms with Crippen molar-refractivity contribution in [1.29, 1.82) is 10.5 Å². The van der Waals surface area contributed by atoms with E-state index in [1.807, 2.05) is 36.4 Å². The maximum atomic E-state index is 12.0. The highest BCUT2D eigenvalue weighted by atomic mass is 16.5. The third-order valence-corrected chi connectivity index (χ3v) is 4.25. The quantitative estimate of drug-likeness (QED) is 0.802. The number of hydrogen-bond acceptors (Lipinski definition) is 4. The number of hydrogen-bond donors (Lipinski definition) is 0. The van der Waals surface area contributed by atoms with Crippen molar-refractivity contribution in [3.63, 3.8) is 0 Å². The zero-order chi connectivity index (χ0) is 16.5. The zero-order valence-corrected chi connectivity index (χ0v) is 13.4. The first-order valence-corrected chi connectivity index (χ1v) is 7.41. The molecule has 4 heteroatoms. The summed E-state index contributed by atoms with van der Waals surface area (Å²) in [5, 5.41) is 18.8. The first-order chi connectivity index (χ1) is 10.3. The van der Waals surface area contributed by atoms with Crippen molar-refractivity contribution in [2.45, 2.75) is 39.0 Å². The van der Waals surface area contributed by atoms with Crippen LogP contribution in [-0.2, 0) is 14.9 Å². The van der Waals surface area contributed by atoms with Crippen LogP contribution in [0.5, 0.6) is 0 Å². The molecule has 22 heavy (non-hydrogen) atoms. The number of rotatable bonds is 3. The number of benzene rings is 1. The first kappa shape index (κ1) is 16.0. The van der Waals surface area contributed by atoms with Gasteiger partial charge in [0.25, 0.3) is 0 Å². The van der Waals surface area contributed by atoms with Gasteiger partial charge in [-0.1, -0.05) is 45.0 Å². The molecule has 4 nitrogen and oxygen atoms in total. The summed E-state index contributed by atoms with van der Waals surface area (Å²) in [6.45, 7) is 8.33. The highest BCUT2D eigenvalue weighted by Gasteiger charge is 2.71. The van der Waals surface area contributed by atoms with Gasteiger partial charge in [-0.3, -0.25) is 4.79 Å². The minimum atomic E-state index is -1.30. The average Bonchev–Trinajstić information content (AvgIpc) is 3.16. The van der Waals surface area contributed by atoms with Crippen LogP contribution in [0.2, 0.25) is 0 Å². The smallest absolute Gasteiger partial charge is 0.312 e. The molecule has 2 rings (SSSR count). The summed E-state index contributed by atoms with van der Waals surface area (Å²) in [4.78, 5) is 12.0. The second kappa shape index (κ2) is 5.46. The molecule has 1 aliphatic carbocycles. The maximum Gasteiger partial charge on any atom is 0.312 e. The van der Waals surface area contributed by atoms with Gasteiger partial charge in [0.2, 0.25) is 0 Å². The van der Waals surface area contributed by atoms with E-state index in [4.69, 9.17) is 4.74 Å². The van der Waals surface area contributed by atoms with E-state index < -0.39 is 23.2 Å². The van der Waals surface area contributed by atoms with Crippen LogP contribution in [0.25, 0.3) is 0 Å². The molecule has 1 aromatic carbocycles. The molecule has 1 aliphatic rings. The van der Waals surface area contributed by atoms with E-state index in [-0.39, 0.29) is 12.0 Å². The fourth-order valence-electron chi connectivity index (χ4n) is 2.89. The van der Waals surface area contributed by atoms with E-state index in [0.717, 1.165) is 5.56 Å². The SMILES string of the molecule is CCOC(=O)C1C(c2ccc(C(C)(C)C)cc2)C1(C#N)C#N. The predicted molar refractivity (Wildman–Crippen MR) is 81.7 cm³/mol. The molecule has 0 heterocycles. The molecule has 2 unspecified atom stereocenters. The Morgan fingerprint density at radius 3 is 2.18 bits per heavy atom. The van der Waals surface area contributed by atoms with Crippen molar-refractivity contribution in [3.05, 3.63) is 35.4 Å². The maximum absolute atomic E-state index is 12.0. The summed E-state index contributed by atoms with van der Waals surface area (Å²) in [5.41, 5.74) is 0.748. The van der Waals surface area contributed by atoms with Crippen LogP contribution < -0.4 is 0 Å². The van der Waals surface area contributed by atoms with E-state index in [1.54, 1.807) is 6.92 Å². The molecule has 1 fully saturated rings. The van der Waals surface area contributed by atoms with Crippen molar-refractivity contribution < 1.29 is 9.53 Å². The molecule has 0 aromatic heterocycles. The van der Waals surface area contributed by atoms with E-state index >= 15 is 0 Å². The van der Waals surface area contributed by atoms with Gasteiger partial charge in [0.05, 0.1) is 24.7 Å².